The minimum Gasteiger partial charge on any atom is -0.445 e. The number of nitrogens with zero attached hydrogens (tertiary/aromatic N) is 4. The second-order valence-electron chi connectivity index (χ2n) is 28.8. The van der Waals surface area contributed by atoms with Crippen LogP contribution in [0.1, 0.15) is 182 Å². The highest BCUT2D eigenvalue weighted by atomic mass is 16.6. The molecule has 582 valence electrons. The molecular formula is C83H114N8O16. The number of terminal acetylenes is 2. The number of urea groups is 1. The van der Waals surface area contributed by atoms with Gasteiger partial charge >= 0.3 is 12.1 Å². The third-order valence-electron chi connectivity index (χ3n) is 20.0. The molecule has 9 amide bonds. The average molecular weight is 1480 g/mol. The minimum atomic E-state index is -0.978. The van der Waals surface area contributed by atoms with Gasteiger partial charge in [0.2, 0.25) is 35.4 Å². The van der Waals surface area contributed by atoms with Crippen LogP contribution in [0.3, 0.4) is 0 Å². The van der Waals surface area contributed by atoms with Crippen LogP contribution in [0.2, 0.25) is 0 Å². The van der Waals surface area contributed by atoms with Gasteiger partial charge in [-0.3, -0.25) is 52.8 Å². The topological polar surface area (TPSA) is 328 Å². The van der Waals surface area contributed by atoms with E-state index < -0.39 is 96.1 Å². The van der Waals surface area contributed by atoms with E-state index in [0.717, 1.165) is 4.90 Å². The molecule has 0 aliphatic carbocycles. The Balaban J connectivity index is 0.00000275. The third kappa shape index (κ3) is 29.2. The SMILES string of the molecule is C#CC#CC#CC#CC#C.CC[C@H](C)[C@@H]([C@@H](CC(=O)N1CCC[C@H]1[C@H](OC)[C@@H](C)C(=O)N[C@H](C)[C@@H](O)c1ccccc1)OC)N(C)C(=O)[C@@H](CC(=O)[C@H](C(C)C)N(C)C(=O)OCc1ccc(CC(=O)[C@H](CCCNC(N)=O)NC(=O)[C@@H](CC(=O)CCCCCN2C(=O)CC(C(C)=O)C2=O)C(C)C)cc1)C(C)C. The lowest BCUT2D eigenvalue weighted by atomic mass is 9.83. The molecule has 0 aromatic heterocycles. The number of amides is 9. The summed E-state index contributed by atoms with van der Waals surface area (Å²) in [6, 6.07) is 11.6. The second kappa shape index (κ2) is 47.1. The van der Waals surface area contributed by atoms with Gasteiger partial charge in [0, 0.05) is 91.9 Å². The van der Waals surface area contributed by atoms with Crippen molar-refractivity contribution in [2.75, 3.05) is 47.9 Å². The molecule has 24 nitrogen and oxygen atoms in total. The molecule has 0 radical (unpaired) electrons. The number of benzene rings is 2. The Kier molecular flexibility index (Phi) is 40.3. The standard InChI is InChI=1S/C73H112N8O16.C10H2/c1-16-46(8)65(61(95-14)41-63(87)80-36-24-29-58(80)67(96-15)47(9)68(89)76-48(10)66(88)52-25-19-17-20-26-52)78(12)70(91)55(44(4)5)39-60(85)64(45(6)7)79(13)73(94)97-42-51-32-30-50(31-33-51)37-59(84)57(28-23-34-75-72(74)93)77-69(90)54(43(2)3)38-53(83)27-21-18-22-35-81-62(86)40-56(49(11)82)71(81)92;1-3-5-7-9-10-8-6-4-2/h17,19-20,25-26,30-33,43-48,54-58,61,64-67,88H,16,18,21-24,27-29,34-42H2,1-15H3,(H,76,89)(H,77,90)(H3,74,75,93);1-2H/t46-,47+,48+,54-,55-,56?,57-,58-,61+,64-,65-,66+,67+;/m0./s1. The minimum absolute atomic E-state index is 0.0670. The number of hydrogen-bond acceptors (Lipinski definition) is 16. The molecule has 4 rings (SSSR count). The summed E-state index contributed by atoms with van der Waals surface area (Å²) in [7, 11) is 6.19. The van der Waals surface area contributed by atoms with E-state index in [0.29, 0.717) is 68.2 Å². The molecule has 2 aliphatic rings. The van der Waals surface area contributed by atoms with Crippen molar-refractivity contribution in [1.29, 1.82) is 0 Å². The number of likely N-dealkylation sites (N-methyl/N-ethyl adjacent to an activating group) is 2. The molecule has 6 N–H and O–H groups in total. The smallest absolute Gasteiger partial charge is 0.410 e. The number of nitrogens with two attached hydrogens (primary N) is 1. The summed E-state index contributed by atoms with van der Waals surface area (Å²) in [6.45, 7) is 20.3. The number of ether oxygens (including phenoxy) is 3. The van der Waals surface area contributed by atoms with E-state index in [-0.39, 0.29) is 135 Å². The van der Waals surface area contributed by atoms with Crippen LogP contribution in [0, 0.1) is 108 Å². The van der Waals surface area contributed by atoms with E-state index in [2.05, 4.69) is 63.3 Å². The molecule has 13 atom stereocenters. The van der Waals surface area contributed by atoms with Crippen LogP contribution in [0.4, 0.5) is 9.59 Å². The maximum absolute atomic E-state index is 14.9. The molecule has 2 fully saturated rings. The van der Waals surface area contributed by atoms with Crippen molar-refractivity contribution in [3.05, 3.63) is 71.3 Å². The summed E-state index contributed by atoms with van der Waals surface area (Å²) in [6.07, 6.45) is 9.99. The number of imide groups is 1. The van der Waals surface area contributed by atoms with Gasteiger partial charge in [-0.25, -0.2) is 9.59 Å². The molecular weight excluding hydrogens is 1360 g/mol. The fourth-order valence-corrected chi connectivity index (χ4v) is 13.7. The van der Waals surface area contributed by atoms with Crippen LogP contribution in [-0.2, 0) is 75.2 Å². The number of Topliss-reactive ketones (excluding diaryl/α,β-unsaturated/α-hetero) is 4. The van der Waals surface area contributed by atoms with E-state index in [1.165, 1.54) is 33.1 Å². The Hall–Kier alpha value is -9.64. The maximum Gasteiger partial charge on any atom is 0.410 e. The number of nitrogens with one attached hydrogen (secondary N) is 3. The molecule has 0 bridgehead atoms. The Labute approximate surface area is 633 Å². The Bertz CT molecular complexity index is 3600. The normalized spacial score (nSPS) is 16.9. The lowest BCUT2D eigenvalue weighted by molar-refractivity contribution is -0.149. The number of unbranched alkanes of at least 4 members (excludes halogenated alkanes) is 2. The van der Waals surface area contributed by atoms with E-state index in [1.807, 2.05) is 73.6 Å². The van der Waals surface area contributed by atoms with Gasteiger partial charge in [0.1, 0.15) is 24.1 Å². The quantitative estimate of drug-likeness (QED) is 0.0184. The van der Waals surface area contributed by atoms with Gasteiger partial charge in [-0.1, -0.05) is 130 Å². The van der Waals surface area contributed by atoms with Crippen molar-refractivity contribution in [2.45, 2.75) is 221 Å². The Morgan fingerprint density at radius 3 is 1.86 bits per heavy atom. The first-order valence-corrected chi connectivity index (χ1v) is 37.0. The molecule has 2 heterocycles. The van der Waals surface area contributed by atoms with Crippen LogP contribution in [0.25, 0.3) is 0 Å². The largest absolute Gasteiger partial charge is 0.445 e. The molecule has 0 spiro atoms. The van der Waals surface area contributed by atoms with Gasteiger partial charge in [0.25, 0.3) is 0 Å². The molecule has 24 heteroatoms. The number of aliphatic hydroxyl groups is 1. The van der Waals surface area contributed by atoms with Crippen molar-refractivity contribution >= 4 is 70.7 Å². The van der Waals surface area contributed by atoms with Crippen molar-refractivity contribution in [3.8, 4) is 60.2 Å². The van der Waals surface area contributed by atoms with Gasteiger partial charge in [-0.2, -0.15) is 0 Å². The summed E-state index contributed by atoms with van der Waals surface area (Å²) in [4.78, 5) is 166. The molecule has 1 unspecified atom stereocenters. The van der Waals surface area contributed by atoms with Crippen molar-refractivity contribution in [3.63, 3.8) is 0 Å². The number of rotatable bonds is 42. The van der Waals surface area contributed by atoms with E-state index in [4.69, 9.17) is 32.8 Å². The summed E-state index contributed by atoms with van der Waals surface area (Å²) < 4.78 is 17.8. The number of methoxy groups -OCH3 is 2. The van der Waals surface area contributed by atoms with Crippen molar-refractivity contribution in [2.24, 2.45) is 53.1 Å². The number of carbonyl (C=O) groups excluding carboxylic acids is 12. The van der Waals surface area contributed by atoms with Crippen molar-refractivity contribution in [1.82, 2.24) is 35.6 Å². The number of primary amides is 1. The zero-order valence-corrected chi connectivity index (χ0v) is 65.3. The highest BCUT2D eigenvalue weighted by Crippen LogP contribution is 2.32. The van der Waals surface area contributed by atoms with Gasteiger partial charge < -0.3 is 55.7 Å². The molecule has 2 aromatic carbocycles. The summed E-state index contributed by atoms with van der Waals surface area (Å²) in [5.74, 6) is 10.8. The second-order valence-corrected chi connectivity index (χ2v) is 28.8. The predicted octanol–water partition coefficient (Wildman–Crippen LogP) is 7.73. The van der Waals surface area contributed by atoms with Gasteiger partial charge in [-0.15, -0.1) is 12.8 Å². The lowest BCUT2D eigenvalue weighted by Crippen LogP contribution is -2.55. The fourth-order valence-electron chi connectivity index (χ4n) is 13.7. The first-order valence-electron chi connectivity index (χ1n) is 37.0. The van der Waals surface area contributed by atoms with Gasteiger partial charge in [0.05, 0.1) is 60.9 Å². The van der Waals surface area contributed by atoms with E-state index in [9.17, 15) is 62.6 Å². The highest BCUT2D eigenvalue weighted by Gasteiger charge is 2.45. The monoisotopic (exact) mass is 1480 g/mol. The predicted molar refractivity (Wildman–Crippen MR) is 406 cm³/mol. The fraction of sp³-hybridized carbons (Fsp3) is 0.590. The molecule has 107 heavy (non-hydrogen) atoms. The Morgan fingerprint density at radius 1 is 0.710 bits per heavy atom. The molecule has 2 saturated heterocycles. The van der Waals surface area contributed by atoms with Crippen LogP contribution < -0.4 is 21.7 Å². The van der Waals surface area contributed by atoms with Crippen LogP contribution in [0.15, 0.2) is 54.6 Å². The summed E-state index contributed by atoms with van der Waals surface area (Å²) in [5, 5.41) is 19.3. The summed E-state index contributed by atoms with van der Waals surface area (Å²) in [5.41, 5.74) is 7.12. The van der Waals surface area contributed by atoms with Crippen LogP contribution >= 0.6 is 0 Å². The first kappa shape index (κ1) is 91.6. The zero-order chi connectivity index (χ0) is 80.2. The maximum atomic E-state index is 14.9. The zero-order valence-electron chi connectivity index (χ0n) is 65.3. The number of ketones is 4. The molecule has 0 saturated carbocycles. The molecule has 2 aromatic rings. The number of aliphatic hydroxyl groups excluding tert-OH is 1. The number of carbonyl (C=O) groups is 12. The molecule has 2 aliphatic heterocycles. The summed E-state index contributed by atoms with van der Waals surface area (Å²) >= 11 is 0. The third-order valence-corrected chi connectivity index (χ3v) is 20.0. The van der Waals surface area contributed by atoms with Gasteiger partial charge in [-0.05, 0) is 140 Å². The lowest BCUT2D eigenvalue weighted by Gasteiger charge is -2.41. The van der Waals surface area contributed by atoms with Gasteiger partial charge in [0.15, 0.2) is 11.6 Å². The number of hydrogen-bond donors (Lipinski definition) is 5. The van der Waals surface area contributed by atoms with E-state index in [1.54, 1.807) is 67.1 Å². The van der Waals surface area contributed by atoms with Crippen molar-refractivity contribution < 1.29 is 76.9 Å². The van der Waals surface area contributed by atoms with Crippen LogP contribution in [-0.4, -0.2) is 186 Å². The number of likely N-dealkylation sites (tertiary alicyclic amines) is 2. The Morgan fingerprint density at radius 2 is 1.32 bits per heavy atom. The average Bonchev–Trinajstić information content (AvgIpc) is 1.80. The van der Waals surface area contributed by atoms with Crippen LogP contribution in [0.5, 0.6) is 0 Å². The van der Waals surface area contributed by atoms with E-state index >= 15 is 0 Å². The first-order chi connectivity index (χ1) is 50.7. The highest BCUT2D eigenvalue weighted by molar-refractivity contribution is 6.13.